The maximum absolute atomic E-state index is 13.3. The fraction of sp³-hybridized carbons (Fsp3) is 0.167. The molecule has 0 N–H and O–H groups in total. The van der Waals surface area contributed by atoms with Crippen molar-refractivity contribution in [2.24, 2.45) is 0 Å². The molecule has 1 saturated heterocycles. The minimum Gasteiger partial charge on any atom is -0.457 e. The maximum atomic E-state index is 13.3. The van der Waals surface area contributed by atoms with E-state index in [2.05, 4.69) is 0 Å². The van der Waals surface area contributed by atoms with E-state index in [0.717, 1.165) is 10.5 Å². The van der Waals surface area contributed by atoms with Crippen LogP contribution in [0.25, 0.3) is 0 Å². The summed E-state index contributed by atoms with van der Waals surface area (Å²) < 4.78 is 6.02. The number of hydrogen-bond donors (Lipinski definition) is 0. The summed E-state index contributed by atoms with van der Waals surface area (Å²) in [7, 11) is 0. The monoisotopic (exact) mass is 454 g/mol. The Morgan fingerprint density at radius 1 is 0.903 bits per heavy atom. The Labute approximate surface area is 190 Å². The first-order chi connectivity index (χ1) is 14.8. The van der Waals surface area contributed by atoms with Crippen LogP contribution in [0.3, 0.4) is 0 Å². The summed E-state index contributed by atoms with van der Waals surface area (Å²) in [6, 6.07) is 21.1. The number of urea groups is 1. The number of carbonyl (C=O) groups is 2. The molecular formula is C24H20Cl2N2O3. The Balaban J connectivity index is 1.66. The highest BCUT2D eigenvalue weighted by Crippen LogP contribution is 2.38. The molecule has 158 valence electrons. The zero-order valence-corrected chi connectivity index (χ0v) is 18.5. The molecule has 5 nitrogen and oxygen atoms in total. The first-order valence-electron chi connectivity index (χ1n) is 9.71. The number of hydrogen-bond acceptors (Lipinski definition) is 3. The molecule has 0 spiro atoms. The van der Waals surface area contributed by atoms with Gasteiger partial charge in [0.15, 0.2) is 0 Å². The molecule has 4 rings (SSSR count). The molecular weight excluding hydrogens is 435 g/mol. The smallest absolute Gasteiger partial charge is 0.332 e. The molecule has 0 atom stereocenters. The van der Waals surface area contributed by atoms with Crippen molar-refractivity contribution in [3.63, 3.8) is 0 Å². The standard InChI is InChI=1S/C24H20Cl2N2O3/c1-24(2)22(29)28(20-13-12-17(25)14-19(20)26)23(30)27(24)15-16-8-6-7-11-21(16)31-18-9-4-3-5-10-18/h3-14H,15H2,1-2H3. The second-order valence-electron chi connectivity index (χ2n) is 7.69. The minimum absolute atomic E-state index is 0.197. The highest BCUT2D eigenvalue weighted by molar-refractivity contribution is 6.38. The van der Waals surface area contributed by atoms with E-state index in [1.165, 1.54) is 11.0 Å². The van der Waals surface area contributed by atoms with E-state index in [1.54, 1.807) is 26.0 Å². The molecule has 31 heavy (non-hydrogen) atoms. The van der Waals surface area contributed by atoms with E-state index in [0.29, 0.717) is 22.2 Å². The number of para-hydroxylation sites is 2. The van der Waals surface area contributed by atoms with Crippen molar-refractivity contribution in [2.75, 3.05) is 4.90 Å². The van der Waals surface area contributed by atoms with Crippen LogP contribution in [0.4, 0.5) is 10.5 Å². The number of nitrogens with zero attached hydrogens (tertiary/aromatic N) is 2. The lowest BCUT2D eigenvalue weighted by Gasteiger charge is -2.28. The summed E-state index contributed by atoms with van der Waals surface area (Å²) in [5, 5.41) is 0.663. The summed E-state index contributed by atoms with van der Waals surface area (Å²) >= 11 is 12.3. The lowest BCUT2D eigenvalue weighted by Crippen LogP contribution is -2.43. The van der Waals surface area contributed by atoms with Crippen molar-refractivity contribution in [1.82, 2.24) is 4.90 Å². The Morgan fingerprint density at radius 2 is 1.58 bits per heavy atom. The number of halogens is 2. The van der Waals surface area contributed by atoms with Crippen LogP contribution in [-0.4, -0.2) is 22.4 Å². The lowest BCUT2D eigenvalue weighted by molar-refractivity contribution is -0.123. The largest absolute Gasteiger partial charge is 0.457 e. The van der Waals surface area contributed by atoms with Crippen LogP contribution in [0, 0.1) is 0 Å². The van der Waals surface area contributed by atoms with Crippen molar-refractivity contribution < 1.29 is 14.3 Å². The Hall–Kier alpha value is -3.02. The highest BCUT2D eigenvalue weighted by atomic mass is 35.5. The average molecular weight is 455 g/mol. The first-order valence-corrected chi connectivity index (χ1v) is 10.5. The third kappa shape index (κ3) is 3.99. The topological polar surface area (TPSA) is 49.9 Å². The van der Waals surface area contributed by atoms with Crippen LogP contribution in [0.15, 0.2) is 72.8 Å². The van der Waals surface area contributed by atoms with Crippen LogP contribution in [0.2, 0.25) is 10.0 Å². The highest BCUT2D eigenvalue weighted by Gasteiger charge is 2.52. The normalized spacial score (nSPS) is 15.5. The predicted molar refractivity (Wildman–Crippen MR) is 122 cm³/mol. The fourth-order valence-corrected chi connectivity index (χ4v) is 3.99. The van der Waals surface area contributed by atoms with Gasteiger partial charge in [0.25, 0.3) is 5.91 Å². The number of amides is 3. The van der Waals surface area contributed by atoms with Gasteiger partial charge in [0.2, 0.25) is 0 Å². The van der Waals surface area contributed by atoms with Gasteiger partial charge >= 0.3 is 6.03 Å². The predicted octanol–water partition coefficient (Wildman–Crippen LogP) is 6.53. The molecule has 0 bridgehead atoms. The minimum atomic E-state index is -1.07. The van der Waals surface area contributed by atoms with Crippen LogP contribution in [-0.2, 0) is 11.3 Å². The SMILES string of the molecule is CC1(C)C(=O)N(c2ccc(Cl)cc2Cl)C(=O)N1Cc1ccccc1Oc1ccccc1. The fourth-order valence-electron chi connectivity index (χ4n) is 3.50. The van der Waals surface area contributed by atoms with E-state index in [-0.39, 0.29) is 17.5 Å². The van der Waals surface area contributed by atoms with Gasteiger partial charge in [-0.15, -0.1) is 0 Å². The third-order valence-corrected chi connectivity index (χ3v) is 5.78. The Bertz CT molecular complexity index is 1150. The van der Waals surface area contributed by atoms with Gasteiger partial charge in [-0.2, -0.15) is 0 Å². The summed E-state index contributed by atoms with van der Waals surface area (Å²) in [6.45, 7) is 3.64. The lowest BCUT2D eigenvalue weighted by atomic mass is 10.0. The van der Waals surface area contributed by atoms with Crippen molar-refractivity contribution in [2.45, 2.75) is 25.9 Å². The van der Waals surface area contributed by atoms with E-state index in [4.69, 9.17) is 27.9 Å². The van der Waals surface area contributed by atoms with Crippen LogP contribution < -0.4 is 9.64 Å². The molecule has 3 aromatic carbocycles. The van der Waals surface area contributed by atoms with Gasteiger partial charge in [-0.3, -0.25) is 4.79 Å². The number of ether oxygens (including phenoxy) is 1. The number of anilines is 1. The van der Waals surface area contributed by atoms with Gasteiger partial charge in [0.1, 0.15) is 17.0 Å². The van der Waals surface area contributed by atoms with E-state index in [1.807, 2.05) is 54.6 Å². The second kappa shape index (κ2) is 8.25. The second-order valence-corrected chi connectivity index (χ2v) is 8.53. The first kappa shape index (κ1) is 21.2. The van der Waals surface area contributed by atoms with Crippen LogP contribution in [0.5, 0.6) is 11.5 Å². The average Bonchev–Trinajstić information content (AvgIpc) is 2.90. The van der Waals surface area contributed by atoms with Gasteiger partial charge in [-0.25, -0.2) is 9.69 Å². The molecule has 0 unspecified atom stereocenters. The summed E-state index contributed by atoms with van der Waals surface area (Å²) in [4.78, 5) is 29.2. The number of rotatable bonds is 5. The molecule has 0 radical (unpaired) electrons. The summed E-state index contributed by atoms with van der Waals surface area (Å²) in [5.41, 5.74) is 0.0231. The number of benzene rings is 3. The van der Waals surface area contributed by atoms with Gasteiger partial charge in [0.05, 0.1) is 17.3 Å². The van der Waals surface area contributed by atoms with Crippen LogP contribution in [0.1, 0.15) is 19.4 Å². The van der Waals surface area contributed by atoms with Crippen molar-refractivity contribution in [3.05, 3.63) is 88.4 Å². The molecule has 0 aromatic heterocycles. The molecule has 3 aromatic rings. The van der Waals surface area contributed by atoms with Gasteiger partial charge in [-0.05, 0) is 50.2 Å². The number of imide groups is 1. The van der Waals surface area contributed by atoms with Crippen LogP contribution >= 0.6 is 23.2 Å². The van der Waals surface area contributed by atoms with Crippen molar-refractivity contribution in [3.8, 4) is 11.5 Å². The summed E-state index contributed by atoms with van der Waals surface area (Å²) in [5.74, 6) is 0.948. The molecule has 1 fully saturated rings. The van der Waals surface area contributed by atoms with E-state index in [9.17, 15) is 9.59 Å². The zero-order valence-electron chi connectivity index (χ0n) is 17.0. The van der Waals surface area contributed by atoms with E-state index >= 15 is 0 Å². The zero-order chi connectivity index (χ0) is 22.2. The molecule has 0 aliphatic carbocycles. The molecule has 7 heteroatoms. The van der Waals surface area contributed by atoms with E-state index < -0.39 is 11.6 Å². The Morgan fingerprint density at radius 3 is 2.29 bits per heavy atom. The Kier molecular flexibility index (Phi) is 5.65. The van der Waals surface area contributed by atoms with Crippen molar-refractivity contribution in [1.29, 1.82) is 0 Å². The third-order valence-electron chi connectivity index (χ3n) is 5.25. The molecule has 1 aliphatic rings. The molecule has 1 heterocycles. The molecule has 0 saturated carbocycles. The quantitative estimate of drug-likeness (QED) is 0.411. The maximum Gasteiger partial charge on any atom is 0.332 e. The van der Waals surface area contributed by atoms with Gasteiger partial charge < -0.3 is 9.64 Å². The van der Waals surface area contributed by atoms with Crippen molar-refractivity contribution >= 4 is 40.8 Å². The van der Waals surface area contributed by atoms with Gasteiger partial charge in [0, 0.05) is 10.6 Å². The molecule has 1 aliphatic heterocycles. The molecule has 3 amide bonds. The van der Waals surface area contributed by atoms with Gasteiger partial charge in [-0.1, -0.05) is 59.6 Å². The summed E-state index contributed by atoms with van der Waals surface area (Å²) in [6.07, 6.45) is 0. The number of carbonyl (C=O) groups excluding carboxylic acids is 2.